The maximum Gasteiger partial charge on any atom is 0.230 e. The molecule has 162 valence electrons. The Hall–Kier alpha value is -1.47. The van der Waals surface area contributed by atoms with Crippen molar-refractivity contribution in [2.24, 2.45) is 5.41 Å². The summed E-state index contributed by atoms with van der Waals surface area (Å²) in [5, 5.41) is 7.14. The van der Waals surface area contributed by atoms with E-state index < -0.39 is 0 Å². The first-order valence-electron chi connectivity index (χ1n) is 10.9. The molecule has 7 heteroatoms. The molecule has 2 aliphatic carbocycles. The van der Waals surface area contributed by atoms with Gasteiger partial charge in [0.05, 0.1) is 17.5 Å². The van der Waals surface area contributed by atoms with Crippen molar-refractivity contribution in [2.45, 2.75) is 71.1 Å². The maximum atomic E-state index is 12.3. The molecule has 1 N–H and O–H groups in total. The van der Waals surface area contributed by atoms with Crippen molar-refractivity contribution in [1.29, 1.82) is 0 Å². The molecule has 1 amide bonds. The van der Waals surface area contributed by atoms with Gasteiger partial charge in [0, 0.05) is 41.9 Å². The van der Waals surface area contributed by atoms with E-state index in [9.17, 15) is 4.79 Å². The van der Waals surface area contributed by atoms with Crippen LogP contribution in [-0.4, -0.2) is 29.6 Å². The normalized spacial score (nSPS) is 22.6. The van der Waals surface area contributed by atoms with Gasteiger partial charge in [0.2, 0.25) is 5.91 Å². The molecule has 1 aromatic carbocycles. The lowest BCUT2D eigenvalue weighted by Crippen LogP contribution is -2.64. The van der Waals surface area contributed by atoms with Gasteiger partial charge < -0.3 is 10.1 Å². The number of halogens is 1. The molecule has 0 bridgehead atoms. The lowest BCUT2D eigenvalue weighted by Gasteiger charge is -2.58. The number of amides is 1. The van der Waals surface area contributed by atoms with Gasteiger partial charge in [-0.15, -0.1) is 11.3 Å². The second-order valence-electron chi connectivity index (χ2n) is 8.36. The Morgan fingerprint density at radius 2 is 2.03 bits per heavy atom. The van der Waals surface area contributed by atoms with E-state index in [0.717, 1.165) is 24.4 Å². The topological polar surface area (TPSA) is 54.5 Å². The number of rotatable bonds is 7. The number of nitrogens with zero attached hydrogens (tertiary/aromatic N) is 2. The number of hydrogen-bond donors (Lipinski definition) is 1. The summed E-state index contributed by atoms with van der Waals surface area (Å²) in [6.45, 7) is 5.16. The molecule has 4 rings (SSSR count). The number of anilines is 2. The van der Waals surface area contributed by atoms with E-state index in [-0.39, 0.29) is 5.91 Å². The Bertz CT molecular complexity index is 864. The molecule has 1 spiro atoms. The van der Waals surface area contributed by atoms with E-state index in [2.05, 4.69) is 12.2 Å². The summed E-state index contributed by atoms with van der Waals surface area (Å²) in [5.41, 5.74) is 2.04. The number of nitrogens with one attached hydrogen (secondary N) is 1. The molecule has 1 heterocycles. The first kappa shape index (κ1) is 21.8. The predicted octanol–water partition coefficient (Wildman–Crippen LogP) is 5.70. The minimum Gasteiger partial charge on any atom is -0.378 e. The van der Waals surface area contributed by atoms with Crippen LogP contribution < -0.4 is 10.2 Å². The highest BCUT2D eigenvalue weighted by Crippen LogP contribution is 2.53. The van der Waals surface area contributed by atoms with Crippen LogP contribution in [0.5, 0.6) is 0 Å². The van der Waals surface area contributed by atoms with Gasteiger partial charge in [-0.05, 0) is 50.5 Å². The van der Waals surface area contributed by atoms with Crippen LogP contribution in [0, 0.1) is 5.41 Å². The van der Waals surface area contributed by atoms with Gasteiger partial charge in [-0.25, -0.2) is 4.98 Å². The van der Waals surface area contributed by atoms with Gasteiger partial charge in [0.15, 0.2) is 5.13 Å². The van der Waals surface area contributed by atoms with E-state index in [1.807, 2.05) is 17.5 Å². The standard InChI is InChI=1S/C23H30ClN3O2S/c1-3-29-21-13-20(23(21)11-5-4-6-12-23)25-14-18-15-30-22(26-18)27(16(2)28)19-9-7-17(24)8-10-19/h7-10,15,20-21,25H,3-6,11-14H2,1-2H3/t20-,21-/m1/s1. The van der Waals surface area contributed by atoms with Crippen LogP contribution >= 0.6 is 22.9 Å². The lowest BCUT2D eigenvalue weighted by atomic mass is 9.55. The first-order chi connectivity index (χ1) is 14.5. The molecule has 2 atom stereocenters. The molecule has 1 aromatic heterocycles. The Morgan fingerprint density at radius 3 is 2.70 bits per heavy atom. The smallest absolute Gasteiger partial charge is 0.230 e. The van der Waals surface area contributed by atoms with Gasteiger partial charge in [0.25, 0.3) is 0 Å². The van der Waals surface area contributed by atoms with Crippen LogP contribution in [-0.2, 0) is 16.1 Å². The summed E-state index contributed by atoms with van der Waals surface area (Å²) in [6, 6.07) is 7.76. The first-order valence-corrected chi connectivity index (χ1v) is 12.1. The monoisotopic (exact) mass is 447 g/mol. The molecule has 30 heavy (non-hydrogen) atoms. The molecule has 2 fully saturated rings. The van der Waals surface area contributed by atoms with E-state index >= 15 is 0 Å². The minimum absolute atomic E-state index is 0.0640. The minimum atomic E-state index is -0.0640. The fraction of sp³-hybridized carbons (Fsp3) is 0.565. The van der Waals surface area contributed by atoms with Crippen molar-refractivity contribution in [3.05, 3.63) is 40.4 Å². The zero-order valence-electron chi connectivity index (χ0n) is 17.7. The molecule has 0 aliphatic heterocycles. The largest absolute Gasteiger partial charge is 0.378 e. The van der Waals surface area contributed by atoms with Gasteiger partial charge in [0.1, 0.15) is 0 Å². The fourth-order valence-corrected chi connectivity index (χ4v) is 6.09. The van der Waals surface area contributed by atoms with Gasteiger partial charge in [-0.1, -0.05) is 30.9 Å². The highest BCUT2D eigenvalue weighted by molar-refractivity contribution is 7.14. The lowest BCUT2D eigenvalue weighted by molar-refractivity contribution is -0.150. The molecule has 0 saturated heterocycles. The summed E-state index contributed by atoms with van der Waals surface area (Å²) in [5.74, 6) is -0.0640. The van der Waals surface area contributed by atoms with E-state index in [1.54, 1.807) is 24.0 Å². The third kappa shape index (κ3) is 4.28. The van der Waals surface area contributed by atoms with Crippen LogP contribution in [0.3, 0.4) is 0 Å². The van der Waals surface area contributed by atoms with E-state index in [1.165, 1.54) is 43.4 Å². The van der Waals surface area contributed by atoms with Gasteiger partial charge in [-0.2, -0.15) is 0 Å². The van der Waals surface area contributed by atoms with Crippen LogP contribution in [0.1, 0.15) is 58.1 Å². The van der Waals surface area contributed by atoms with Crippen molar-refractivity contribution in [1.82, 2.24) is 10.3 Å². The Labute approximate surface area is 187 Å². The van der Waals surface area contributed by atoms with E-state index in [4.69, 9.17) is 21.3 Å². The number of benzene rings is 1. The Morgan fingerprint density at radius 1 is 1.30 bits per heavy atom. The number of hydrogen-bond acceptors (Lipinski definition) is 5. The quantitative estimate of drug-likeness (QED) is 0.591. The van der Waals surface area contributed by atoms with Crippen molar-refractivity contribution >= 4 is 39.7 Å². The molecule has 2 aromatic rings. The molecule has 2 saturated carbocycles. The molecule has 0 radical (unpaired) electrons. The highest BCUT2D eigenvalue weighted by atomic mass is 35.5. The average molecular weight is 448 g/mol. The molecule has 0 unspecified atom stereocenters. The van der Waals surface area contributed by atoms with Crippen LogP contribution in [0.15, 0.2) is 29.6 Å². The molecule has 5 nitrogen and oxygen atoms in total. The summed E-state index contributed by atoms with van der Waals surface area (Å²) in [6.07, 6.45) is 7.93. The van der Waals surface area contributed by atoms with Gasteiger partial charge in [-0.3, -0.25) is 9.69 Å². The second-order valence-corrected chi connectivity index (χ2v) is 9.63. The third-order valence-electron chi connectivity index (χ3n) is 6.60. The predicted molar refractivity (Wildman–Crippen MR) is 123 cm³/mol. The zero-order valence-corrected chi connectivity index (χ0v) is 19.3. The average Bonchev–Trinajstić information content (AvgIpc) is 3.20. The zero-order chi connectivity index (χ0) is 21.1. The number of carbonyl (C=O) groups excluding carboxylic acids is 1. The fourth-order valence-electron chi connectivity index (χ4n) is 5.07. The molecular weight excluding hydrogens is 418 g/mol. The van der Waals surface area contributed by atoms with Crippen molar-refractivity contribution in [2.75, 3.05) is 11.5 Å². The Kier molecular flexibility index (Phi) is 6.78. The summed E-state index contributed by atoms with van der Waals surface area (Å²) < 4.78 is 6.07. The Balaban J connectivity index is 1.43. The number of ether oxygens (including phenoxy) is 1. The van der Waals surface area contributed by atoms with Crippen molar-refractivity contribution in [3.63, 3.8) is 0 Å². The van der Waals surface area contributed by atoms with Crippen LogP contribution in [0.2, 0.25) is 5.02 Å². The summed E-state index contributed by atoms with van der Waals surface area (Å²) in [7, 11) is 0. The molecule has 2 aliphatic rings. The van der Waals surface area contributed by atoms with Crippen LogP contribution in [0.25, 0.3) is 0 Å². The summed E-state index contributed by atoms with van der Waals surface area (Å²) in [4.78, 5) is 18.7. The maximum absolute atomic E-state index is 12.3. The van der Waals surface area contributed by atoms with Gasteiger partial charge >= 0.3 is 0 Å². The molecular formula is C23H30ClN3O2S. The van der Waals surface area contributed by atoms with Crippen molar-refractivity contribution < 1.29 is 9.53 Å². The van der Waals surface area contributed by atoms with Crippen molar-refractivity contribution in [3.8, 4) is 0 Å². The third-order valence-corrected chi connectivity index (χ3v) is 7.72. The van der Waals surface area contributed by atoms with E-state index in [0.29, 0.717) is 34.3 Å². The number of aromatic nitrogens is 1. The number of carbonyl (C=O) groups is 1. The SMILES string of the molecule is CCO[C@@H]1C[C@@H](NCc2csc(N(C(C)=O)c3ccc(Cl)cc3)n2)C12CCCCC2. The number of thiazole rings is 1. The highest BCUT2D eigenvalue weighted by Gasteiger charge is 2.55. The second kappa shape index (κ2) is 9.35. The summed E-state index contributed by atoms with van der Waals surface area (Å²) >= 11 is 7.49. The van der Waals surface area contributed by atoms with Crippen LogP contribution in [0.4, 0.5) is 10.8 Å².